The molecular formula is C77H111F3N12O14. The first kappa shape index (κ1) is 83.0. The SMILES string of the molecule is CCO[C@@H]1C[C@H]2C(=O)NC3(CCC3)C(=O)N(C)[C@@H](C3CCCC3)C(=O)N(C)[C@H](C(=O)N(C)CC)CC(=O)N(C)C3CCCCCc4ccc(cc4)CC(C(=O)N(C)CC(=O)N[C@@H](CCc4ccc(C(F)(F)F)c(OC)c4)C(=O)N2C1)N1CC/C=C\C[C@@H](C1=O)N(C)C(=O)CN(C)C(=O)C([C@@H](C)CC)NC3=O. The Kier molecular flexibility index (Phi) is 28.8. The van der Waals surface area contributed by atoms with Crippen LogP contribution in [0.3, 0.4) is 0 Å². The van der Waals surface area contributed by atoms with Crippen molar-refractivity contribution in [1.82, 2.24) is 60.0 Å². The average Bonchev–Trinajstić information content (AvgIpc) is 1.15. The van der Waals surface area contributed by atoms with Crippen LogP contribution in [-0.2, 0) is 87.7 Å². The number of fused-ring (bicyclic) bond motifs is 22. The van der Waals surface area contributed by atoms with Crippen molar-refractivity contribution in [3.05, 3.63) is 76.9 Å². The third-order valence-corrected chi connectivity index (χ3v) is 22.8. The second kappa shape index (κ2) is 36.8. The van der Waals surface area contributed by atoms with Crippen LogP contribution >= 0.6 is 0 Å². The Balaban J connectivity index is 1.26. The molecule has 0 aromatic heterocycles. The molecule has 6 heterocycles. The number of ether oxygens (including phenoxy) is 2. The maximum atomic E-state index is 15.7. The number of benzene rings is 2. The molecule has 3 unspecified atom stereocenters. The number of halogens is 3. The van der Waals surface area contributed by atoms with E-state index in [4.69, 9.17) is 9.47 Å². The molecule has 106 heavy (non-hydrogen) atoms. The van der Waals surface area contributed by atoms with Gasteiger partial charge in [0, 0.05) is 88.4 Å². The summed E-state index contributed by atoms with van der Waals surface area (Å²) in [6.45, 7) is 6.00. The number of methoxy groups -OCH3 is 1. The molecule has 10 atom stereocenters. The zero-order valence-corrected chi connectivity index (χ0v) is 63.8. The number of aryl methyl sites for hydroxylation is 2. The number of nitrogens with zero attached hydrogens (tertiary/aromatic N) is 9. The van der Waals surface area contributed by atoms with Crippen molar-refractivity contribution in [3.63, 3.8) is 0 Å². The second-order valence-corrected chi connectivity index (χ2v) is 29.8. The molecule has 3 fully saturated rings. The Hall–Kier alpha value is -8.63. The van der Waals surface area contributed by atoms with Gasteiger partial charge in [0.25, 0.3) is 0 Å². The van der Waals surface area contributed by atoms with Gasteiger partial charge in [0.15, 0.2) is 0 Å². The molecule has 2 saturated carbocycles. The Bertz CT molecular complexity index is 3550. The maximum absolute atomic E-state index is 15.7. The van der Waals surface area contributed by atoms with E-state index in [0.717, 1.165) is 36.5 Å². The van der Waals surface area contributed by atoms with E-state index in [1.807, 2.05) is 37.3 Å². The zero-order valence-electron chi connectivity index (χ0n) is 63.8. The predicted octanol–water partition coefficient (Wildman–Crippen LogP) is 4.91. The fraction of sp³-hybridized carbons (Fsp3) is 0.662. The molecule has 2 aliphatic carbocycles. The van der Waals surface area contributed by atoms with E-state index in [2.05, 4.69) is 16.0 Å². The lowest BCUT2D eigenvalue weighted by atomic mass is 9.74. The van der Waals surface area contributed by atoms with Crippen molar-refractivity contribution in [2.24, 2.45) is 11.8 Å². The van der Waals surface area contributed by atoms with E-state index in [1.54, 1.807) is 26.8 Å². The van der Waals surface area contributed by atoms with E-state index in [1.165, 1.54) is 101 Å². The zero-order chi connectivity index (χ0) is 77.6. The normalized spacial score (nSPS) is 26.9. The number of carbonyl (C=O) groups excluding carboxylic acids is 12. The number of amides is 12. The van der Waals surface area contributed by atoms with Crippen LogP contribution in [-0.4, -0.2) is 271 Å². The van der Waals surface area contributed by atoms with E-state index in [-0.39, 0.29) is 77.6 Å². The summed E-state index contributed by atoms with van der Waals surface area (Å²) >= 11 is 0. The topological polar surface area (TPSA) is 289 Å². The molecule has 584 valence electrons. The van der Waals surface area contributed by atoms with Gasteiger partial charge in [-0.05, 0) is 132 Å². The molecule has 2 aromatic rings. The Labute approximate surface area is 621 Å². The molecule has 1 spiro atoms. The van der Waals surface area contributed by atoms with Crippen LogP contribution in [0.4, 0.5) is 13.2 Å². The Morgan fingerprint density at radius 1 is 0.670 bits per heavy atom. The molecule has 6 bridgehead atoms. The van der Waals surface area contributed by atoms with E-state index >= 15 is 38.4 Å². The van der Waals surface area contributed by atoms with E-state index < -0.39 is 180 Å². The van der Waals surface area contributed by atoms with Crippen LogP contribution in [0.2, 0.25) is 0 Å². The summed E-state index contributed by atoms with van der Waals surface area (Å²) in [6.07, 6.45) is 3.20. The molecule has 10 rings (SSSR count). The number of hydrogen-bond acceptors (Lipinski definition) is 14. The molecule has 8 aliphatic rings. The highest BCUT2D eigenvalue weighted by Gasteiger charge is 2.54. The van der Waals surface area contributed by atoms with Crippen molar-refractivity contribution in [3.8, 4) is 5.75 Å². The van der Waals surface area contributed by atoms with Crippen LogP contribution in [0.1, 0.15) is 159 Å². The van der Waals surface area contributed by atoms with E-state index in [0.29, 0.717) is 68.9 Å². The van der Waals surface area contributed by atoms with Gasteiger partial charge < -0.3 is 69.5 Å². The van der Waals surface area contributed by atoms with Gasteiger partial charge in [0.2, 0.25) is 70.9 Å². The lowest BCUT2D eigenvalue weighted by molar-refractivity contribution is -0.158. The molecule has 29 heteroatoms. The monoisotopic (exact) mass is 1480 g/mol. The van der Waals surface area contributed by atoms with Crippen LogP contribution in [0.25, 0.3) is 0 Å². The fourth-order valence-corrected chi connectivity index (χ4v) is 15.7. The third kappa shape index (κ3) is 19.6. The van der Waals surface area contributed by atoms with Crippen LogP contribution in [0.5, 0.6) is 5.75 Å². The molecule has 26 nitrogen and oxygen atoms in total. The van der Waals surface area contributed by atoms with Gasteiger partial charge in [0.05, 0.1) is 38.3 Å². The van der Waals surface area contributed by atoms with Crippen molar-refractivity contribution >= 4 is 70.9 Å². The lowest BCUT2D eigenvalue weighted by Crippen LogP contribution is -2.68. The first-order valence-corrected chi connectivity index (χ1v) is 37.7. The summed E-state index contributed by atoms with van der Waals surface area (Å²) in [5, 5.41) is 8.78. The highest BCUT2D eigenvalue weighted by molar-refractivity contribution is 6.01. The smallest absolute Gasteiger partial charge is 0.419 e. The van der Waals surface area contributed by atoms with Gasteiger partial charge in [-0.1, -0.05) is 88.4 Å². The predicted molar refractivity (Wildman–Crippen MR) is 387 cm³/mol. The standard InChI is InChI=1S/C77H111F3N12O14/c1-13-48(4)65-73(102)86(7)47-64(95)88(9)57-29-20-17-23-40-91(72(57)101)60-41-50-32-30-49(31-33-50)25-18-16-19-28-56(67(96)82-65)87(8)63(94)44-59(70(99)84(5)14-2)89(10)74(103)66(52-26-21-22-27-52)90(11)75(104)76(38-24-39-76)83-68(97)58-43-53(106-15-3)45-92(58)69(98)55(81-62(93)46-85(6)71(60)100)37-35-51-34-36-54(77(78,79)80)61(42-51)105-12/h17,20,30-34,36,42,48,52-53,55-60,65-66H,13-16,18-19,21-29,35,37-41,43-47H2,1-12H3,(H,81,93)(H,82,96)(H,83,97)/b20-17-/t48-,53+,55-,56?,57-,58-,59-,60?,65?,66-/m0/s1. The number of hydrogen-bond donors (Lipinski definition) is 3. The molecule has 0 radical (unpaired) electrons. The largest absolute Gasteiger partial charge is 0.496 e. The van der Waals surface area contributed by atoms with Crippen LogP contribution in [0, 0.1) is 11.8 Å². The summed E-state index contributed by atoms with van der Waals surface area (Å²) in [4.78, 5) is 194. The minimum atomic E-state index is -4.78. The van der Waals surface area contributed by atoms with E-state index in [9.17, 15) is 32.3 Å². The summed E-state index contributed by atoms with van der Waals surface area (Å²) in [7, 11) is 11.2. The highest BCUT2D eigenvalue weighted by Crippen LogP contribution is 2.40. The second-order valence-electron chi connectivity index (χ2n) is 29.8. The molecule has 1 saturated heterocycles. The maximum Gasteiger partial charge on any atom is 0.419 e. The number of nitrogens with one attached hydrogen (secondary N) is 3. The van der Waals surface area contributed by atoms with Gasteiger partial charge in [0.1, 0.15) is 59.6 Å². The fourth-order valence-electron chi connectivity index (χ4n) is 15.7. The quantitative estimate of drug-likeness (QED) is 0.199. The minimum Gasteiger partial charge on any atom is -0.496 e. The van der Waals surface area contributed by atoms with Crippen LogP contribution in [0.15, 0.2) is 54.6 Å². The highest BCUT2D eigenvalue weighted by atomic mass is 19.4. The minimum absolute atomic E-state index is 0.00390. The first-order valence-electron chi connectivity index (χ1n) is 37.7. The number of likely N-dealkylation sites (N-methyl/N-ethyl adjacent to an activating group) is 7. The number of rotatable bonds is 11. The van der Waals surface area contributed by atoms with Crippen molar-refractivity contribution < 1.29 is 80.2 Å². The van der Waals surface area contributed by atoms with Gasteiger partial charge in [-0.25, -0.2) is 0 Å². The summed E-state index contributed by atoms with van der Waals surface area (Å²) in [6, 6.07) is 0.261. The molecular weight excluding hydrogens is 1370 g/mol. The Morgan fingerprint density at radius 3 is 1.96 bits per heavy atom. The third-order valence-electron chi connectivity index (χ3n) is 22.8. The lowest BCUT2D eigenvalue weighted by Gasteiger charge is -2.46. The Morgan fingerprint density at radius 2 is 1.33 bits per heavy atom. The van der Waals surface area contributed by atoms with Crippen LogP contribution < -0.4 is 20.7 Å². The van der Waals surface area contributed by atoms with Gasteiger partial charge in [-0.3, -0.25) is 57.5 Å². The van der Waals surface area contributed by atoms with Gasteiger partial charge in [-0.2, -0.15) is 13.2 Å². The van der Waals surface area contributed by atoms with Crippen molar-refractivity contribution in [2.45, 2.75) is 222 Å². The summed E-state index contributed by atoms with van der Waals surface area (Å²) in [5.41, 5.74) is -0.799. The number of alkyl halides is 3. The average molecular weight is 1490 g/mol. The number of carbonyl (C=O) groups is 12. The molecule has 6 aliphatic heterocycles. The molecule has 2 aromatic carbocycles. The molecule has 12 amide bonds. The van der Waals surface area contributed by atoms with Gasteiger partial charge >= 0.3 is 6.18 Å². The van der Waals surface area contributed by atoms with Gasteiger partial charge in [-0.15, -0.1) is 0 Å². The first-order chi connectivity index (χ1) is 50.3. The van der Waals surface area contributed by atoms with Crippen molar-refractivity contribution in [1.29, 1.82) is 0 Å². The van der Waals surface area contributed by atoms with Crippen molar-refractivity contribution in [2.75, 3.05) is 95.8 Å². The summed E-state index contributed by atoms with van der Waals surface area (Å²) in [5.74, 6) is -9.60. The molecule has 3 N–H and O–H groups in total. The summed E-state index contributed by atoms with van der Waals surface area (Å²) < 4.78 is 53.8.